The molecule has 0 unspecified atom stereocenters. The van der Waals surface area contributed by atoms with Crippen molar-refractivity contribution in [1.29, 1.82) is 0 Å². The third-order valence-corrected chi connectivity index (χ3v) is 5.00. The number of amides is 1. The second-order valence-electron chi connectivity index (χ2n) is 6.84. The van der Waals surface area contributed by atoms with E-state index in [0.29, 0.717) is 0 Å². The Balaban J connectivity index is 1.52. The summed E-state index contributed by atoms with van der Waals surface area (Å²) in [5.74, 6) is 0.911. The lowest BCUT2D eigenvalue weighted by Gasteiger charge is -2.36. The number of pyridine rings is 1. The van der Waals surface area contributed by atoms with Gasteiger partial charge < -0.3 is 10.2 Å². The van der Waals surface area contributed by atoms with Crippen LogP contribution in [0, 0.1) is 0 Å². The molecule has 3 aromatic rings. The minimum atomic E-state index is 0.0877. The van der Waals surface area contributed by atoms with E-state index in [1.807, 2.05) is 77.8 Å². The molecule has 1 aliphatic rings. The molecular weight excluding hydrogens is 334 g/mol. The zero-order valence-electron chi connectivity index (χ0n) is 15.2. The Hall–Kier alpha value is -3.14. The zero-order valence-corrected chi connectivity index (χ0v) is 15.2. The summed E-state index contributed by atoms with van der Waals surface area (Å²) in [7, 11) is 0. The van der Waals surface area contributed by atoms with Crippen LogP contribution in [0.1, 0.15) is 41.2 Å². The molecule has 1 amide bonds. The van der Waals surface area contributed by atoms with Crippen LogP contribution in [0.15, 0.2) is 79.0 Å². The van der Waals surface area contributed by atoms with Gasteiger partial charge in [0.2, 0.25) is 0 Å². The van der Waals surface area contributed by atoms with Gasteiger partial charge in [-0.05, 0) is 55.2 Å². The highest BCUT2D eigenvalue weighted by Gasteiger charge is 2.28. The topological polar surface area (TPSA) is 45.2 Å². The van der Waals surface area contributed by atoms with Crippen molar-refractivity contribution < 1.29 is 4.79 Å². The van der Waals surface area contributed by atoms with E-state index in [1.54, 1.807) is 0 Å². The van der Waals surface area contributed by atoms with Gasteiger partial charge in [-0.15, -0.1) is 0 Å². The second-order valence-corrected chi connectivity index (χ2v) is 6.84. The summed E-state index contributed by atoms with van der Waals surface area (Å²) in [6.07, 6.45) is 5.06. The van der Waals surface area contributed by atoms with Crippen LogP contribution >= 0.6 is 0 Å². The first-order chi connectivity index (χ1) is 13.3. The van der Waals surface area contributed by atoms with E-state index in [4.69, 9.17) is 0 Å². The lowest BCUT2D eigenvalue weighted by molar-refractivity contribution is 0.0611. The normalized spacial score (nSPS) is 16.7. The first kappa shape index (κ1) is 17.3. The van der Waals surface area contributed by atoms with Crippen molar-refractivity contribution in [3.05, 3.63) is 90.1 Å². The van der Waals surface area contributed by atoms with Crippen molar-refractivity contribution in [3.63, 3.8) is 0 Å². The van der Waals surface area contributed by atoms with Gasteiger partial charge in [0.05, 0.1) is 6.04 Å². The van der Waals surface area contributed by atoms with Gasteiger partial charge in [0.15, 0.2) is 0 Å². The molecule has 4 nitrogen and oxygen atoms in total. The number of hydrogen-bond acceptors (Lipinski definition) is 3. The highest BCUT2D eigenvalue weighted by atomic mass is 16.2. The maximum absolute atomic E-state index is 13.0. The number of aromatic nitrogens is 1. The Morgan fingerprint density at radius 3 is 2.37 bits per heavy atom. The van der Waals surface area contributed by atoms with Crippen molar-refractivity contribution in [3.8, 4) is 0 Å². The van der Waals surface area contributed by atoms with Gasteiger partial charge in [0, 0.05) is 24.0 Å². The molecule has 1 aromatic heterocycles. The van der Waals surface area contributed by atoms with Gasteiger partial charge >= 0.3 is 0 Å². The van der Waals surface area contributed by atoms with Crippen LogP contribution in [0.5, 0.6) is 0 Å². The van der Waals surface area contributed by atoms with Crippen LogP contribution in [-0.2, 0) is 0 Å². The maximum Gasteiger partial charge on any atom is 0.254 e. The Bertz CT molecular complexity index is 879. The minimum Gasteiger partial charge on any atom is -0.340 e. The first-order valence-corrected chi connectivity index (χ1v) is 9.45. The molecule has 0 saturated carbocycles. The van der Waals surface area contributed by atoms with Gasteiger partial charge in [-0.3, -0.25) is 4.79 Å². The second kappa shape index (κ2) is 8.04. The molecule has 0 radical (unpaired) electrons. The monoisotopic (exact) mass is 357 g/mol. The minimum absolute atomic E-state index is 0.0877. The number of carbonyl (C=O) groups is 1. The standard InChI is InChI=1S/C23H23N3O/c27-23(18-9-3-1-4-10-18)26-16-8-7-13-21(26)19-14-15-22(24-17-19)25-20-11-5-2-6-12-20/h1-6,9-12,14-15,17,21H,7-8,13,16H2,(H,24,25)/t21-/m1/s1. The van der Waals surface area contributed by atoms with E-state index in [1.165, 1.54) is 0 Å². The predicted octanol–water partition coefficient (Wildman–Crippen LogP) is 5.19. The predicted molar refractivity (Wildman–Crippen MR) is 108 cm³/mol. The summed E-state index contributed by atoms with van der Waals surface area (Å²) in [5.41, 5.74) is 2.86. The van der Waals surface area contributed by atoms with Crippen molar-refractivity contribution in [2.45, 2.75) is 25.3 Å². The molecule has 2 aromatic carbocycles. The van der Waals surface area contributed by atoms with E-state index in [0.717, 1.165) is 48.4 Å². The quantitative estimate of drug-likeness (QED) is 0.699. The number of piperidine rings is 1. The van der Waals surface area contributed by atoms with Crippen LogP contribution < -0.4 is 5.32 Å². The molecule has 27 heavy (non-hydrogen) atoms. The van der Waals surface area contributed by atoms with E-state index < -0.39 is 0 Å². The molecular formula is C23H23N3O. The average Bonchev–Trinajstić information content (AvgIpc) is 2.75. The largest absolute Gasteiger partial charge is 0.340 e. The van der Waals surface area contributed by atoms with Gasteiger partial charge in [-0.2, -0.15) is 0 Å². The van der Waals surface area contributed by atoms with Crippen molar-refractivity contribution in [2.75, 3.05) is 11.9 Å². The van der Waals surface area contributed by atoms with Gasteiger partial charge in [-0.25, -0.2) is 4.98 Å². The molecule has 136 valence electrons. The molecule has 4 heteroatoms. The molecule has 4 rings (SSSR count). The molecule has 1 atom stereocenters. The number of anilines is 2. The van der Waals surface area contributed by atoms with E-state index in [9.17, 15) is 4.79 Å². The molecule has 0 aliphatic carbocycles. The van der Waals surface area contributed by atoms with Crippen LogP contribution in [0.25, 0.3) is 0 Å². The third-order valence-electron chi connectivity index (χ3n) is 5.00. The number of para-hydroxylation sites is 1. The number of hydrogen-bond donors (Lipinski definition) is 1. The van der Waals surface area contributed by atoms with E-state index >= 15 is 0 Å². The van der Waals surface area contributed by atoms with E-state index in [2.05, 4.69) is 16.4 Å². The highest BCUT2D eigenvalue weighted by molar-refractivity contribution is 5.94. The van der Waals surface area contributed by atoms with Gasteiger partial charge in [-0.1, -0.05) is 42.5 Å². The SMILES string of the molecule is O=C(c1ccccc1)N1CCCC[C@@H]1c1ccc(Nc2ccccc2)nc1. The number of nitrogens with one attached hydrogen (secondary N) is 1. The summed E-state index contributed by atoms with van der Waals surface area (Å²) in [4.78, 5) is 19.6. The Labute approximate surface area is 159 Å². The number of likely N-dealkylation sites (tertiary alicyclic amines) is 1. The Morgan fingerprint density at radius 2 is 1.67 bits per heavy atom. The highest BCUT2D eigenvalue weighted by Crippen LogP contribution is 2.32. The van der Waals surface area contributed by atoms with Crippen LogP contribution in [0.4, 0.5) is 11.5 Å². The van der Waals surface area contributed by atoms with Crippen molar-refractivity contribution in [1.82, 2.24) is 9.88 Å². The summed E-state index contributed by atoms with van der Waals surface area (Å²) in [5, 5.41) is 3.30. The van der Waals surface area contributed by atoms with E-state index in [-0.39, 0.29) is 11.9 Å². The fourth-order valence-corrected chi connectivity index (χ4v) is 3.61. The maximum atomic E-state index is 13.0. The summed E-state index contributed by atoms with van der Waals surface area (Å²) < 4.78 is 0. The number of rotatable bonds is 4. The van der Waals surface area contributed by atoms with Crippen LogP contribution in [0.2, 0.25) is 0 Å². The summed E-state index contributed by atoms with van der Waals surface area (Å²) >= 11 is 0. The lowest BCUT2D eigenvalue weighted by atomic mass is 9.95. The third kappa shape index (κ3) is 4.00. The van der Waals surface area contributed by atoms with Crippen LogP contribution in [0.3, 0.4) is 0 Å². The summed E-state index contributed by atoms with van der Waals surface area (Å²) in [6, 6.07) is 23.7. The molecule has 1 aliphatic heterocycles. The Kier molecular flexibility index (Phi) is 5.15. The molecule has 1 saturated heterocycles. The molecule has 1 N–H and O–H groups in total. The summed E-state index contributed by atoms with van der Waals surface area (Å²) in [6.45, 7) is 0.794. The fourth-order valence-electron chi connectivity index (χ4n) is 3.61. The van der Waals surface area contributed by atoms with Crippen molar-refractivity contribution in [2.24, 2.45) is 0 Å². The molecule has 0 bridgehead atoms. The molecule has 1 fully saturated rings. The fraction of sp³-hybridized carbons (Fsp3) is 0.217. The molecule has 0 spiro atoms. The average molecular weight is 357 g/mol. The number of nitrogens with zero attached hydrogens (tertiary/aromatic N) is 2. The smallest absolute Gasteiger partial charge is 0.254 e. The molecule has 2 heterocycles. The Morgan fingerprint density at radius 1 is 0.926 bits per heavy atom. The number of benzene rings is 2. The first-order valence-electron chi connectivity index (χ1n) is 9.45. The lowest BCUT2D eigenvalue weighted by Crippen LogP contribution is -2.38. The zero-order chi connectivity index (χ0) is 18.5. The number of carbonyl (C=O) groups excluding carboxylic acids is 1. The van der Waals surface area contributed by atoms with Gasteiger partial charge in [0.1, 0.15) is 5.82 Å². The van der Waals surface area contributed by atoms with Crippen LogP contribution in [-0.4, -0.2) is 22.3 Å². The van der Waals surface area contributed by atoms with Gasteiger partial charge in [0.25, 0.3) is 5.91 Å². The van der Waals surface area contributed by atoms with Crippen molar-refractivity contribution >= 4 is 17.4 Å².